The minimum absolute atomic E-state index is 0.126. The van der Waals surface area contributed by atoms with Crippen LogP contribution in [0.4, 0.5) is 5.69 Å². The number of carbonyl (C=O) groups excluding carboxylic acids is 1. The molecule has 30 heavy (non-hydrogen) atoms. The first-order valence-electron chi connectivity index (χ1n) is 9.21. The second kappa shape index (κ2) is 9.70. The molecule has 0 saturated heterocycles. The highest BCUT2D eigenvalue weighted by atomic mass is 32.2. The average molecular weight is 424 g/mol. The Kier molecular flexibility index (Phi) is 6.81. The topological polar surface area (TPSA) is 137 Å². The Labute approximate surface area is 176 Å². The third-order valence-electron chi connectivity index (χ3n) is 3.92. The molecule has 4 aromatic rings. The number of anilines is 1. The number of nitrogens with one attached hydrogen (secondary N) is 3. The fraction of sp³-hybridized carbons (Fsp3) is 0.150. The van der Waals surface area contributed by atoms with Crippen molar-refractivity contribution in [3.8, 4) is 11.4 Å². The van der Waals surface area contributed by atoms with E-state index in [9.17, 15) is 9.59 Å². The summed E-state index contributed by atoms with van der Waals surface area (Å²) in [5, 5.41) is 26.4. The van der Waals surface area contributed by atoms with Crippen molar-refractivity contribution in [1.82, 2.24) is 25.4 Å². The number of amides is 1. The van der Waals surface area contributed by atoms with Gasteiger partial charge in [0.25, 0.3) is 5.91 Å². The maximum Gasteiger partial charge on any atom is 0.313 e. The number of aliphatic carboxylic acids is 1. The molecule has 0 aliphatic rings. The van der Waals surface area contributed by atoms with Crippen molar-refractivity contribution < 1.29 is 14.7 Å². The zero-order valence-electron chi connectivity index (χ0n) is 16.3. The van der Waals surface area contributed by atoms with Gasteiger partial charge in [-0.3, -0.25) is 19.8 Å². The fourth-order valence-electron chi connectivity index (χ4n) is 2.65. The Hall–Kier alpha value is -3.66. The molecule has 0 aliphatic carbocycles. The smallest absolute Gasteiger partial charge is 0.313 e. The van der Waals surface area contributed by atoms with Crippen molar-refractivity contribution in [3.05, 3.63) is 54.2 Å². The molecule has 0 radical (unpaired) electrons. The Morgan fingerprint density at radius 2 is 1.93 bits per heavy atom. The number of H-pyrrole nitrogens is 2. The van der Waals surface area contributed by atoms with Gasteiger partial charge in [-0.2, -0.15) is 5.10 Å². The van der Waals surface area contributed by atoms with Crippen LogP contribution in [0.5, 0.6) is 0 Å². The molecule has 0 bridgehead atoms. The van der Waals surface area contributed by atoms with Gasteiger partial charge in [0.15, 0.2) is 5.82 Å². The molecule has 4 rings (SSSR count). The minimum atomic E-state index is -0.942. The van der Waals surface area contributed by atoms with Gasteiger partial charge in [-0.15, -0.1) is 5.10 Å². The number of carboxylic acid groups (broad SMARTS) is 1. The van der Waals surface area contributed by atoms with Gasteiger partial charge < -0.3 is 10.4 Å². The molecule has 0 aliphatic heterocycles. The third kappa shape index (κ3) is 4.84. The molecule has 2 aromatic carbocycles. The molecule has 0 fully saturated rings. The maximum absolute atomic E-state index is 12.7. The van der Waals surface area contributed by atoms with E-state index in [1.54, 1.807) is 30.5 Å². The molecule has 154 valence electrons. The number of fused-ring (bicyclic) bond motifs is 1. The van der Waals surface area contributed by atoms with Crippen LogP contribution in [-0.2, 0) is 4.79 Å². The predicted octanol–water partition coefficient (Wildman–Crippen LogP) is 3.80. The highest BCUT2D eigenvalue weighted by Gasteiger charge is 2.13. The average Bonchev–Trinajstić information content (AvgIpc) is 3.44. The van der Waals surface area contributed by atoms with Gasteiger partial charge in [-0.1, -0.05) is 43.8 Å². The lowest BCUT2D eigenvalue weighted by atomic mass is 10.1. The van der Waals surface area contributed by atoms with Crippen LogP contribution in [0.25, 0.3) is 22.3 Å². The van der Waals surface area contributed by atoms with Crippen molar-refractivity contribution in [3.63, 3.8) is 0 Å². The Morgan fingerprint density at radius 1 is 1.13 bits per heavy atom. The summed E-state index contributed by atoms with van der Waals surface area (Å²) < 4.78 is 0. The molecule has 0 saturated carbocycles. The highest BCUT2D eigenvalue weighted by Crippen LogP contribution is 2.23. The zero-order chi connectivity index (χ0) is 21.5. The van der Waals surface area contributed by atoms with Crippen molar-refractivity contribution in [2.24, 2.45) is 0 Å². The van der Waals surface area contributed by atoms with Gasteiger partial charge in [0.2, 0.25) is 5.16 Å². The predicted molar refractivity (Wildman–Crippen MR) is 116 cm³/mol. The van der Waals surface area contributed by atoms with E-state index < -0.39 is 5.97 Å². The second-order valence-electron chi connectivity index (χ2n) is 5.82. The maximum atomic E-state index is 12.7. The number of rotatable bonds is 6. The Bertz CT molecular complexity index is 1170. The first kappa shape index (κ1) is 21.1. The number of carboxylic acids is 1. The molecule has 0 atom stereocenters. The summed E-state index contributed by atoms with van der Waals surface area (Å²) in [6.45, 7) is 4.00. The zero-order valence-corrected chi connectivity index (χ0v) is 17.2. The van der Waals surface area contributed by atoms with Crippen LogP contribution < -0.4 is 5.32 Å². The first-order valence-corrected chi connectivity index (χ1v) is 10.2. The minimum Gasteiger partial charge on any atom is -0.481 e. The lowest BCUT2D eigenvalue weighted by molar-refractivity contribution is -0.133. The molecule has 10 heteroatoms. The van der Waals surface area contributed by atoms with Gasteiger partial charge >= 0.3 is 5.97 Å². The van der Waals surface area contributed by atoms with Crippen LogP contribution in [-0.4, -0.2) is 48.1 Å². The number of benzene rings is 2. The van der Waals surface area contributed by atoms with Gasteiger partial charge in [0.1, 0.15) is 0 Å². The lowest BCUT2D eigenvalue weighted by Crippen LogP contribution is -2.12. The first-order chi connectivity index (χ1) is 14.6. The summed E-state index contributed by atoms with van der Waals surface area (Å²) in [6, 6.07) is 12.4. The van der Waals surface area contributed by atoms with Crippen LogP contribution in [0, 0.1) is 0 Å². The van der Waals surface area contributed by atoms with E-state index in [0.717, 1.165) is 22.7 Å². The van der Waals surface area contributed by atoms with E-state index in [1.165, 1.54) is 0 Å². The Morgan fingerprint density at radius 3 is 2.73 bits per heavy atom. The van der Waals surface area contributed by atoms with Crippen molar-refractivity contribution in [2.45, 2.75) is 19.0 Å². The number of thioether (sulfide) groups is 1. The van der Waals surface area contributed by atoms with Crippen molar-refractivity contribution in [2.75, 3.05) is 11.1 Å². The Balaban J connectivity index is 0.00000124. The number of aromatic nitrogens is 5. The molecule has 0 spiro atoms. The van der Waals surface area contributed by atoms with Gasteiger partial charge in [-0.05, 0) is 24.3 Å². The van der Waals surface area contributed by atoms with Crippen LogP contribution >= 0.6 is 11.8 Å². The van der Waals surface area contributed by atoms with Crippen molar-refractivity contribution >= 4 is 40.2 Å². The van der Waals surface area contributed by atoms with Crippen LogP contribution in [0.3, 0.4) is 0 Å². The van der Waals surface area contributed by atoms with Gasteiger partial charge in [0.05, 0.1) is 23.2 Å². The fourth-order valence-corrected chi connectivity index (χ4v) is 3.16. The molecule has 4 N–H and O–H groups in total. The number of hydrogen-bond acceptors (Lipinski definition) is 6. The van der Waals surface area contributed by atoms with E-state index in [4.69, 9.17) is 5.11 Å². The normalized spacial score (nSPS) is 10.3. The quantitative estimate of drug-likeness (QED) is 0.346. The third-order valence-corrected chi connectivity index (χ3v) is 4.75. The molecule has 2 heterocycles. The molecule has 9 nitrogen and oxygen atoms in total. The van der Waals surface area contributed by atoms with E-state index in [0.29, 0.717) is 27.8 Å². The molecule has 0 unspecified atom stereocenters. The van der Waals surface area contributed by atoms with E-state index in [1.807, 2.05) is 32.0 Å². The largest absolute Gasteiger partial charge is 0.481 e. The summed E-state index contributed by atoms with van der Waals surface area (Å²) in [5.74, 6) is -0.878. The summed E-state index contributed by atoms with van der Waals surface area (Å²) in [5.41, 5.74) is 2.62. The molecular formula is C20H20N6O3S. The number of carbonyl (C=O) groups is 2. The van der Waals surface area contributed by atoms with Crippen LogP contribution in [0.2, 0.25) is 0 Å². The van der Waals surface area contributed by atoms with E-state index in [-0.39, 0.29) is 11.7 Å². The van der Waals surface area contributed by atoms with Crippen LogP contribution in [0.1, 0.15) is 24.2 Å². The van der Waals surface area contributed by atoms with Crippen molar-refractivity contribution in [1.29, 1.82) is 0 Å². The SMILES string of the molecule is CC.O=C(O)CSc1n[nH]c(-c2cccc(C(=O)Nc3cccc4[nH]ncc34)c2)n1. The highest BCUT2D eigenvalue weighted by molar-refractivity contribution is 7.99. The van der Waals surface area contributed by atoms with E-state index >= 15 is 0 Å². The summed E-state index contributed by atoms with van der Waals surface area (Å²) in [6.07, 6.45) is 1.66. The second-order valence-corrected chi connectivity index (χ2v) is 6.76. The summed E-state index contributed by atoms with van der Waals surface area (Å²) >= 11 is 1.02. The summed E-state index contributed by atoms with van der Waals surface area (Å²) in [7, 11) is 0. The molecule has 2 aromatic heterocycles. The standard InChI is InChI=1S/C18H14N6O3S.C2H6/c25-15(26)9-28-18-21-16(23-24-18)10-3-1-4-11(7-10)17(27)20-13-5-2-6-14-12(13)8-19-22-14;1-2/h1-8H,9H2,(H,19,22)(H,20,27)(H,25,26)(H,21,23,24);1-2H3. The van der Waals surface area contributed by atoms with Crippen LogP contribution in [0.15, 0.2) is 53.8 Å². The monoisotopic (exact) mass is 424 g/mol. The van der Waals surface area contributed by atoms with Gasteiger partial charge in [-0.25, -0.2) is 4.98 Å². The molecule has 1 amide bonds. The number of hydrogen-bond donors (Lipinski definition) is 4. The van der Waals surface area contributed by atoms with Gasteiger partial charge in [0, 0.05) is 16.5 Å². The number of aromatic amines is 2. The lowest BCUT2D eigenvalue weighted by Gasteiger charge is -2.07. The molecular weight excluding hydrogens is 404 g/mol. The number of nitrogens with zero attached hydrogens (tertiary/aromatic N) is 3. The summed E-state index contributed by atoms with van der Waals surface area (Å²) in [4.78, 5) is 27.6. The van der Waals surface area contributed by atoms with E-state index in [2.05, 4.69) is 30.7 Å².